The maximum atomic E-state index is 12.8. The number of rotatable bonds is 3. The Kier molecular flexibility index (Phi) is 4.55. The first-order valence-electron chi connectivity index (χ1n) is 7.88. The Morgan fingerprint density at radius 2 is 1.75 bits per heavy atom. The van der Waals surface area contributed by atoms with Gasteiger partial charge in [-0.1, -0.05) is 25.0 Å². The van der Waals surface area contributed by atoms with Crippen molar-refractivity contribution in [3.05, 3.63) is 53.7 Å². The SMILES string of the molecule is O=C(NC1CCCC1)c1ccc(-c2cc(C(F)(F)F)ccn2)cc1. The normalized spacial score (nSPS) is 15.5. The number of pyridine rings is 1. The third kappa shape index (κ3) is 3.75. The molecule has 1 saturated carbocycles. The molecule has 0 radical (unpaired) electrons. The van der Waals surface area contributed by atoms with E-state index in [2.05, 4.69) is 10.3 Å². The number of benzene rings is 1. The molecule has 24 heavy (non-hydrogen) atoms. The van der Waals surface area contributed by atoms with Gasteiger partial charge in [0.25, 0.3) is 5.91 Å². The molecule has 0 spiro atoms. The van der Waals surface area contributed by atoms with E-state index in [1.165, 1.54) is 0 Å². The standard InChI is InChI=1S/C18H17F3N2O/c19-18(20,21)14-9-10-22-16(11-14)12-5-7-13(8-6-12)17(24)23-15-3-1-2-4-15/h5-11,15H,1-4H2,(H,23,24). The number of aromatic nitrogens is 1. The van der Waals surface area contributed by atoms with Crippen LogP contribution in [-0.2, 0) is 6.18 Å². The molecule has 0 bridgehead atoms. The highest BCUT2D eigenvalue weighted by Crippen LogP contribution is 2.31. The fourth-order valence-corrected chi connectivity index (χ4v) is 2.90. The fourth-order valence-electron chi connectivity index (χ4n) is 2.90. The number of carbonyl (C=O) groups excluding carboxylic acids is 1. The zero-order valence-electron chi connectivity index (χ0n) is 12.9. The molecule has 2 aromatic rings. The average Bonchev–Trinajstić information content (AvgIpc) is 3.07. The van der Waals surface area contributed by atoms with Gasteiger partial charge in [-0.05, 0) is 37.1 Å². The van der Waals surface area contributed by atoms with Crippen molar-refractivity contribution in [2.45, 2.75) is 37.9 Å². The van der Waals surface area contributed by atoms with Crippen LogP contribution >= 0.6 is 0 Å². The van der Waals surface area contributed by atoms with Gasteiger partial charge in [0.2, 0.25) is 0 Å². The van der Waals surface area contributed by atoms with Crippen LogP contribution in [0.4, 0.5) is 13.2 Å². The highest BCUT2D eigenvalue weighted by atomic mass is 19.4. The van der Waals surface area contributed by atoms with Crippen molar-refractivity contribution in [1.29, 1.82) is 0 Å². The molecular weight excluding hydrogens is 317 g/mol. The minimum absolute atomic E-state index is 0.148. The first-order chi connectivity index (χ1) is 11.4. The average molecular weight is 334 g/mol. The number of nitrogens with one attached hydrogen (secondary N) is 1. The van der Waals surface area contributed by atoms with Gasteiger partial charge in [-0.2, -0.15) is 13.2 Å². The third-order valence-electron chi connectivity index (χ3n) is 4.22. The molecule has 1 amide bonds. The Labute approximate surface area is 137 Å². The number of carbonyl (C=O) groups is 1. The van der Waals surface area contributed by atoms with Crippen molar-refractivity contribution in [2.24, 2.45) is 0 Å². The molecule has 0 aliphatic heterocycles. The van der Waals surface area contributed by atoms with Crippen LogP contribution in [-0.4, -0.2) is 16.9 Å². The summed E-state index contributed by atoms with van der Waals surface area (Å²) in [5.41, 5.74) is 0.527. The van der Waals surface area contributed by atoms with Gasteiger partial charge in [0.05, 0.1) is 11.3 Å². The summed E-state index contributed by atoms with van der Waals surface area (Å²) < 4.78 is 38.3. The third-order valence-corrected chi connectivity index (χ3v) is 4.22. The van der Waals surface area contributed by atoms with E-state index in [1.54, 1.807) is 24.3 Å². The Bertz CT molecular complexity index is 720. The molecule has 1 aromatic heterocycles. The van der Waals surface area contributed by atoms with E-state index in [1.807, 2.05) is 0 Å². The van der Waals surface area contributed by atoms with Crippen LogP contribution in [0.15, 0.2) is 42.6 Å². The first kappa shape index (κ1) is 16.5. The summed E-state index contributed by atoms with van der Waals surface area (Å²) >= 11 is 0. The maximum absolute atomic E-state index is 12.8. The molecule has 1 fully saturated rings. The van der Waals surface area contributed by atoms with Crippen LogP contribution in [0.25, 0.3) is 11.3 Å². The van der Waals surface area contributed by atoms with Crippen molar-refractivity contribution in [1.82, 2.24) is 10.3 Å². The summed E-state index contributed by atoms with van der Waals surface area (Å²) in [7, 11) is 0. The quantitative estimate of drug-likeness (QED) is 0.902. The molecule has 1 heterocycles. The first-order valence-corrected chi connectivity index (χ1v) is 7.88. The van der Waals surface area contributed by atoms with Gasteiger partial charge >= 0.3 is 6.18 Å². The van der Waals surface area contributed by atoms with Gasteiger partial charge in [-0.15, -0.1) is 0 Å². The summed E-state index contributed by atoms with van der Waals surface area (Å²) in [5.74, 6) is -0.148. The lowest BCUT2D eigenvalue weighted by Crippen LogP contribution is -2.32. The Balaban J connectivity index is 1.75. The van der Waals surface area contributed by atoms with Crippen LogP contribution in [0.5, 0.6) is 0 Å². The molecule has 1 aliphatic rings. The predicted octanol–water partition coefficient (Wildman–Crippen LogP) is 4.44. The Hall–Kier alpha value is -2.37. The molecule has 0 atom stereocenters. The zero-order chi connectivity index (χ0) is 17.2. The van der Waals surface area contributed by atoms with Gasteiger partial charge in [-0.3, -0.25) is 9.78 Å². The number of amides is 1. The number of hydrogen-bond donors (Lipinski definition) is 1. The van der Waals surface area contributed by atoms with Crippen molar-refractivity contribution in [3.8, 4) is 11.3 Å². The van der Waals surface area contributed by atoms with Crippen LogP contribution in [0.2, 0.25) is 0 Å². The molecule has 1 aliphatic carbocycles. The number of alkyl halides is 3. The van der Waals surface area contributed by atoms with Gasteiger partial charge in [-0.25, -0.2) is 0 Å². The van der Waals surface area contributed by atoms with Gasteiger partial charge in [0.1, 0.15) is 0 Å². The molecule has 0 unspecified atom stereocenters. The second-order valence-corrected chi connectivity index (χ2v) is 5.96. The fraction of sp³-hybridized carbons (Fsp3) is 0.333. The molecule has 126 valence electrons. The van der Waals surface area contributed by atoms with Gasteiger partial charge < -0.3 is 5.32 Å². The molecule has 3 nitrogen and oxygen atoms in total. The summed E-state index contributed by atoms with van der Waals surface area (Å²) in [6, 6.07) is 8.63. The molecule has 3 rings (SSSR count). The van der Waals surface area contributed by atoms with Gasteiger partial charge in [0.15, 0.2) is 0 Å². The van der Waals surface area contributed by atoms with Crippen LogP contribution in [0, 0.1) is 0 Å². The lowest BCUT2D eigenvalue weighted by atomic mass is 10.1. The molecule has 1 N–H and O–H groups in total. The van der Waals surface area contributed by atoms with Crippen LogP contribution in [0.1, 0.15) is 41.6 Å². The van der Waals surface area contributed by atoms with E-state index in [-0.39, 0.29) is 17.6 Å². The van der Waals surface area contributed by atoms with E-state index in [0.717, 1.165) is 44.0 Å². The number of nitrogens with zero attached hydrogens (tertiary/aromatic N) is 1. The maximum Gasteiger partial charge on any atom is 0.416 e. The topological polar surface area (TPSA) is 42.0 Å². The van der Waals surface area contributed by atoms with Gasteiger partial charge in [0, 0.05) is 23.4 Å². The van der Waals surface area contributed by atoms with Crippen molar-refractivity contribution in [2.75, 3.05) is 0 Å². The van der Waals surface area contributed by atoms with Crippen molar-refractivity contribution < 1.29 is 18.0 Å². The molecule has 1 aromatic carbocycles. The largest absolute Gasteiger partial charge is 0.416 e. The minimum Gasteiger partial charge on any atom is -0.349 e. The highest BCUT2D eigenvalue weighted by Gasteiger charge is 2.30. The smallest absolute Gasteiger partial charge is 0.349 e. The van der Waals surface area contributed by atoms with E-state index in [0.29, 0.717) is 11.1 Å². The summed E-state index contributed by atoms with van der Waals surface area (Å²) in [6.07, 6.45) is 0.990. The van der Waals surface area contributed by atoms with Crippen LogP contribution < -0.4 is 5.32 Å². The molecule has 6 heteroatoms. The second-order valence-electron chi connectivity index (χ2n) is 5.96. The summed E-state index contributed by atoms with van der Waals surface area (Å²) in [6.45, 7) is 0. The zero-order valence-corrected chi connectivity index (χ0v) is 12.9. The van der Waals surface area contributed by atoms with E-state index >= 15 is 0 Å². The van der Waals surface area contributed by atoms with E-state index < -0.39 is 11.7 Å². The van der Waals surface area contributed by atoms with Crippen molar-refractivity contribution in [3.63, 3.8) is 0 Å². The molecule has 0 saturated heterocycles. The summed E-state index contributed by atoms with van der Waals surface area (Å²) in [5, 5.41) is 2.98. The predicted molar refractivity (Wildman–Crippen MR) is 84.4 cm³/mol. The number of hydrogen-bond acceptors (Lipinski definition) is 2. The Morgan fingerprint density at radius 1 is 1.08 bits per heavy atom. The monoisotopic (exact) mass is 334 g/mol. The minimum atomic E-state index is -4.40. The number of halogens is 3. The lowest BCUT2D eigenvalue weighted by molar-refractivity contribution is -0.137. The van der Waals surface area contributed by atoms with Crippen molar-refractivity contribution >= 4 is 5.91 Å². The molecular formula is C18H17F3N2O. The highest BCUT2D eigenvalue weighted by molar-refractivity contribution is 5.94. The summed E-state index contributed by atoms with van der Waals surface area (Å²) in [4.78, 5) is 16.1. The second kappa shape index (κ2) is 6.63. The Morgan fingerprint density at radius 3 is 2.38 bits per heavy atom. The van der Waals surface area contributed by atoms with Crippen LogP contribution in [0.3, 0.4) is 0 Å². The van der Waals surface area contributed by atoms with E-state index in [9.17, 15) is 18.0 Å². The lowest BCUT2D eigenvalue weighted by Gasteiger charge is -2.12. The van der Waals surface area contributed by atoms with E-state index in [4.69, 9.17) is 0 Å².